The van der Waals surface area contributed by atoms with Gasteiger partial charge in [0.2, 0.25) is 5.88 Å². The lowest BCUT2D eigenvalue weighted by Crippen LogP contribution is -2.21. The van der Waals surface area contributed by atoms with Crippen LogP contribution in [0.2, 0.25) is 0 Å². The Hall–Kier alpha value is -1.23. The molecule has 0 saturated heterocycles. The van der Waals surface area contributed by atoms with Crippen molar-refractivity contribution in [3.8, 4) is 5.88 Å². The number of rotatable bonds is 2. The van der Waals surface area contributed by atoms with Gasteiger partial charge in [0.25, 0.3) is 0 Å². The molecule has 1 heterocycles. The van der Waals surface area contributed by atoms with E-state index in [2.05, 4.69) is 9.97 Å². The van der Waals surface area contributed by atoms with Crippen LogP contribution >= 0.6 is 0 Å². The van der Waals surface area contributed by atoms with Gasteiger partial charge in [-0.1, -0.05) is 0 Å². The van der Waals surface area contributed by atoms with E-state index in [1.165, 1.54) is 0 Å². The molecule has 0 aromatic carbocycles. The van der Waals surface area contributed by atoms with Crippen LogP contribution in [0.4, 0.5) is 0 Å². The van der Waals surface area contributed by atoms with Crippen LogP contribution < -0.4 is 11.4 Å². The first kappa shape index (κ1) is 10.3. The van der Waals surface area contributed by atoms with Crippen molar-refractivity contribution in [3.63, 3.8) is 0 Å². The summed E-state index contributed by atoms with van der Waals surface area (Å²) in [6.45, 7) is 0.738. The number of aromatic hydroxyl groups is 1. The number of hydrogen-bond donors (Lipinski definition) is 4. The van der Waals surface area contributed by atoms with E-state index in [1.54, 1.807) is 0 Å². The molecule has 5 heteroatoms. The fourth-order valence-corrected chi connectivity index (χ4v) is 2.37. The Kier molecular flexibility index (Phi) is 2.81. The minimum Gasteiger partial charge on any atom is -0.493 e. The molecule has 84 valence electrons. The molecule has 1 aromatic heterocycles. The number of nitrogens with two attached hydrogens (primary N) is 1. The molecule has 1 aliphatic rings. The van der Waals surface area contributed by atoms with Gasteiger partial charge in [0.1, 0.15) is 0 Å². The summed E-state index contributed by atoms with van der Waals surface area (Å²) in [7, 11) is 0. The van der Waals surface area contributed by atoms with Gasteiger partial charge < -0.3 is 15.8 Å². The van der Waals surface area contributed by atoms with Gasteiger partial charge in [-0.2, -0.15) is 0 Å². The molecule has 1 saturated carbocycles. The number of aromatic amines is 2. The summed E-state index contributed by atoms with van der Waals surface area (Å²) in [5.74, 6) is 0.872. The maximum absolute atomic E-state index is 11.0. The molecular formula is C10H17N3O2. The summed E-state index contributed by atoms with van der Waals surface area (Å²) in [5.41, 5.74) is 5.94. The van der Waals surface area contributed by atoms with Crippen molar-refractivity contribution in [3.05, 3.63) is 16.2 Å². The van der Waals surface area contributed by atoms with E-state index in [1.807, 2.05) is 0 Å². The van der Waals surface area contributed by atoms with Gasteiger partial charge in [-0.05, 0) is 38.1 Å². The van der Waals surface area contributed by atoms with Gasteiger partial charge in [-0.3, -0.25) is 4.98 Å². The molecule has 0 aliphatic heterocycles. The van der Waals surface area contributed by atoms with E-state index < -0.39 is 0 Å². The van der Waals surface area contributed by atoms with Crippen LogP contribution in [-0.2, 0) is 0 Å². The predicted molar refractivity (Wildman–Crippen MR) is 56.8 cm³/mol. The van der Waals surface area contributed by atoms with E-state index in [0.717, 1.165) is 32.2 Å². The summed E-state index contributed by atoms with van der Waals surface area (Å²) in [5, 5.41) is 9.50. The maximum atomic E-state index is 11.0. The third-order valence-corrected chi connectivity index (χ3v) is 3.32. The van der Waals surface area contributed by atoms with Crippen LogP contribution in [0.15, 0.2) is 4.79 Å². The highest BCUT2D eigenvalue weighted by Gasteiger charge is 2.24. The van der Waals surface area contributed by atoms with E-state index >= 15 is 0 Å². The number of aromatic nitrogens is 2. The second kappa shape index (κ2) is 4.10. The average Bonchev–Trinajstić information content (AvgIpc) is 2.58. The smallest absolute Gasteiger partial charge is 0.325 e. The zero-order valence-electron chi connectivity index (χ0n) is 8.62. The SMILES string of the molecule is NCC1CCC(c2[nH]c(=O)[nH]c2O)CC1. The molecule has 1 aromatic rings. The van der Waals surface area contributed by atoms with Gasteiger partial charge in [0.15, 0.2) is 0 Å². The minimum atomic E-state index is -0.330. The first-order chi connectivity index (χ1) is 7.20. The summed E-state index contributed by atoms with van der Waals surface area (Å²) in [6.07, 6.45) is 4.13. The predicted octanol–water partition coefficient (Wildman–Crippen LogP) is 0.641. The van der Waals surface area contributed by atoms with Crippen LogP contribution in [-0.4, -0.2) is 21.6 Å². The summed E-state index contributed by atoms with van der Waals surface area (Å²) < 4.78 is 0. The van der Waals surface area contributed by atoms with Crippen molar-refractivity contribution in [1.29, 1.82) is 0 Å². The molecule has 5 nitrogen and oxygen atoms in total. The summed E-state index contributed by atoms with van der Waals surface area (Å²) in [6, 6.07) is 0. The van der Waals surface area contributed by atoms with Gasteiger partial charge in [0.05, 0.1) is 5.69 Å². The van der Waals surface area contributed by atoms with Crippen molar-refractivity contribution >= 4 is 0 Å². The van der Waals surface area contributed by atoms with Crippen LogP contribution in [0.3, 0.4) is 0 Å². The monoisotopic (exact) mass is 211 g/mol. The van der Waals surface area contributed by atoms with E-state index in [-0.39, 0.29) is 17.5 Å². The third-order valence-electron chi connectivity index (χ3n) is 3.32. The van der Waals surface area contributed by atoms with Gasteiger partial charge in [0, 0.05) is 5.92 Å². The molecule has 1 fully saturated rings. The Bertz CT molecular complexity index is 374. The largest absolute Gasteiger partial charge is 0.493 e. The van der Waals surface area contributed by atoms with Crippen molar-refractivity contribution in [2.45, 2.75) is 31.6 Å². The average molecular weight is 211 g/mol. The fraction of sp³-hybridized carbons (Fsp3) is 0.700. The van der Waals surface area contributed by atoms with Crippen LogP contribution in [0, 0.1) is 5.92 Å². The van der Waals surface area contributed by atoms with Gasteiger partial charge >= 0.3 is 5.69 Å². The Morgan fingerprint density at radius 3 is 2.40 bits per heavy atom. The standard InChI is InChI=1S/C10H17N3O2/c11-5-6-1-3-7(4-2-6)8-9(14)13-10(15)12-8/h6-7,14H,1-5,11H2,(H2,12,13,15). The third kappa shape index (κ3) is 2.07. The maximum Gasteiger partial charge on any atom is 0.325 e. The fourth-order valence-electron chi connectivity index (χ4n) is 2.37. The lowest BCUT2D eigenvalue weighted by atomic mass is 9.80. The molecule has 5 N–H and O–H groups in total. The molecule has 2 rings (SSSR count). The number of imidazole rings is 1. The van der Waals surface area contributed by atoms with Crippen molar-refractivity contribution in [1.82, 2.24) is 9.97 Å². The zero-order chi connectivity index (χ0) is 10.8. The van der Waals surface area contributed by atoms with Crippen LogP contribution in [0.1, 0.15) is 37.3 Å². The molecular weight excluding hydrogens is 194 g/mol. The summed E-state index contributed by atoms with van der Waals surface area (Å²) >= 11 is 0. The van der Waals surface area contributed by atoms with E-state index in [0.29, 0.717) is 11.6 Å². The molecule has 0 radical (unpaired) electrons. The van der Waals surface area contributed by atoms with Crippen molar-refractivity contribution in [2.75, 3.05) is 6.54 Å². The molecule has 0 amide bonds. The highest BCUT2D eigenvalue weighted by molar-refractivity contribution is 5.21. The lowest BCUT2D eigenvalue weighted by Gasteiger charge is -2.26. The number of nitrogens with one attached hydrogen (secondary N) is 2. The number of H-pyrrole nitrogens is 2. The molecule has 0 bridgehead atoms. The second-order valence-electron chi connectivity index (χ2n) is 4.29. The van der Waals surface area contributed by atoms with Crippen molar-refractivity contribution in [2.24, 2.45) is 11.7 Å². The van der Waals surface area contributed by atoms with E-state index in [4.69, 9.17) is 5.73 Å². The number of hydrogen-bond acceptors (Lipinski definition) is 3. The van der Waals surface area contributed by atoms with Crippen molar-refractivity contribution < 1.29 is 5.11 Å². The van der Waals surface area contributed by atoms with Gasteiger partial charge in [-0.15, -0.1) is 0 Å². The molecule has 0 atom stereocenters. The molecule has 1 aliphatic carbocycles. The molecule has 0 spiro atoms. The Balaban J connectivity index is 2.07. The first-order valence-electron chi connectivity index (χ1n) is 5.42. The molecule has 0 unspecified atom stereocenters. The normalized spacial score (nSPS) is 26.7. The van der Waals surface area contributed by atoms with E-state index in [9.17, 15) is 9.90 Å². The highest BCUT2D eigenvalue weighted by Crippen LogP contribution is 2.36. The topological polar surface area (TPSA) is 94.9 Å². The zero-order valence-corrected chi connectivity index (χ0v) is 8.62. The Morgan fingerprint density at radius 2 is 1.93 bits per heavy atom. The Labute approximate surface area is 87.7 Å². The summed E-state index contributed by atoms with van der Waals surface area (Å²) in [4.78, 5) is 16.0. The minimum absolute atomic E-state index is 0.00352. The second-order valence-corrected chi connectivity index (χ2v) is 4.29. The Morgan fingerprint density at radius 1 is 1.27 bits per heavy atom. The van der Waals surface area contributed by atoms with Crippen LogP contribution in [0.5, 0.6) is 5.88 Å². The quantitative estimate of drug-likeness (QED) is 0.578. The molecule has 15 heavy (non-hydrogen) atoms. The highest BCUT2D eigenvalue weighted by atomic mass is 16.3. The van der Waals surface area contributed by atoms with Crippen LogP contribution in [0.25, 0.3) is 0 Å². The first-order valence-corrected chi connectivity index (χ1v) is 5.42. The van der Waals surface area contributed by atoms with Gasteiger partial charge in [-0.25, -0.2) is 4.79 Å². The lowest BCUT2D eigenvalue weighted by molar-refractivity contribution is 0.322.